The third-order valence-electron chi connectivity index (χ3n) is 12.3. The van der Waals surface area contributed by atoms with Gasteiger partial charge < -0.3 is 40.5 Å². The number of H-pyrrole nitrogens is 2. The number of hydrogen-bond donors (Lipinski definition) is 5. The molecule has 5 amide bonds. The van der Waals surface area contributed by atoms with Gasteiger partial charge in [-0.1, -0.05) is 80.6 Å². The zero-order valence-corrected chi connectivity index (χ0v) is 35.6. The van der Waals surface area contributed by atoms with E-state index in [1.165, 1.54) is 7.11 Å². The number of amides is 5. The van der Waals surface area contributed by atoms with Crippen molar-refractivity contribution < 1.29 is 23.9 Å². The summed E-state index contributed by atoms with van der Waals surface area (Å²) in [6.45, 7) is 4.97. The minimum atomic E-state index is -0.808. The van der Waals surface area contributed by atoms with Gasteiger partial charge in [-0.25, -0.2) is 24.5 Å². The molecule has 324 valence electrons. The van der Waals surface area contributed by atoms with Crippen LogP contribution in [0.5, 0.6) is 0 Å². The first kappa shape index (κ1) is 41.3. The number of benzene rings is 3. The Morgan fingerprint density at radius 1 is 0.746 bits per heavy atom. The second-order valence-electron chi connectivity index (χ2n) is 17.0. The lowest BCUT2D eigenvalue weighted by Crippen LogP contribution is -2.51. The van der Waals surface area contributed by atoms with Crippen molar-refractivity contribution in [1.82, 2.24) is 50.7 Å². The van der Waals surface area contributed by atoms with Crippen molar-refractivity contribution in [3.8, 4) is 33.8 Å². The molecule has 3 aliphatic rings. The number of urea groups is 1. The van der Waals surface area contributed by atoms with Gasteiger partial charge in [0.1, 0.15) is 23.7 Å². The fraction of sp³-hybridized carbons (Fsp3) is 0.354. The van der Waals surface area contributed by atoms with Crippen LogP contribution in [0, 0.1) is 5.92 Å². The van der Waals surface area contributed by atoms with Crippen LogP contribution in [0.1, 0.15) is 87.7 Å². The van der Waals surface area contributed by atoms with Crippen molar-refractivity contribution in [2.75, 3.05) is 20.2 Å². The molecule has 5 heterocycles. The number of pyridine rings is 1. The van der Waals surface area contributed by atoms with Crippen LogP contribution >= 0.6 is 0 Å². The SMILES string of the molecule is COC(=O)N[C@H](C(=O)N1CCC[C@H]1c1ncc(-c2ccc(-c3ccc4cc(-c5c[nH]c([C@@H]6CCCN6C(=O)[C@H](NC(=O)NC6CC6)c6ccccc6)n5)ccc4n3)cc2)[nH]1)C(C)C. The molecule has 1 aliphatic carbocycles. The number of hydrogen-bond acceptors (Lipinski definition) is 8. The Balaban J connectivity index is 0.867. The molecule has 15 heteroatoms. The maximum Gasteiger partial charge on any atom is 0.407 e. The Kier molecular flexibility index (Phi) is 11.6. The van der Waals surface area contributed by atoms with Gasteiger partial charge in [-0.2, -0.15) is 0 Å². The number of aromatic amines is 2. The van der Waals surface area contributed by atoms with Gasteiger partial charge in [-0.3, -0.25) is 9.59 Å². The molecular formula is C48H52N10O5. The third kappa shape index (κ3) is 8.86. The molecule has 5 N–H and O–H groups in total. The summed E-state index contributed by atoms with van der Waals surface area (Å²) in [5, 5.41) is 9.57. The summed E-state index contributed by atoms with van der Waals surface area (Å²) in [6, 6.07) is 25.6. The first-order valence-corrected chi connectivity index (χ1v) is 21.8. The summed E-state index contributed by atoms with van der Waals surface area (Å²) in [6.07, 6.45) is 8.19. The van der Waals surface area contributed by atoms with Gasteiger partial charge >= 0.3 is 12.1 Å². The summed E-state index contributed by atoms with van der Waals surface area (Å²) >= 11 is 0. The molecule has 3 aromatic carbocycles. The number of fused-ring (bicyclic) bond motifs is 1. The summed E-state index contributed by atoms with van der Waals surface area (Å²) in [5.74, 6) is 1.02. The number of ether oxygens (including phenoxy) is 1. The predicted octanol–water partition coefficient (Wildman–Crippen LogP) is 7.59. The molecule has 6 aromatic rings. The molecule has 3 aromatic heterocycles. The van der Waals surface area contributed by atoms with E-state index in [4.69, 9.17) is 14.7 Å². The number of rotatable bonds is 12. The molecule has 0 unspecified atom stereocenters. The number of likely N-dealkylation sites (tertiary alicyclic amines) is 2. The molecule has 3 fully saturated rings. The fourth-order valence-electron chi connectivity index (χ4n) is 8.77. The van der Waals surface area contributed by atoms with Crippen LogP contribution in [0.3, 0.4) is 0 Å². The van der Waals surface area contributed by atoms with E-state index >= 15 is 0 Å². The Bertz CT molecular complexity index is 2620. The van der Waals surface area contributed by atoms with E-state index in [1.807, 2.05) is 97.7 Å². The highest BCUT2D eigenvalue weighted by atomic mass is 16.5. The van der Waals surface area contributed by atoms with Gasteiger partial charge in [0.2, 0.25) is 11.8 Å². The average molecular weight is 849 g/mol. The standard InChI is InChI=1S/C48H52N10O5/c1-28(2)41(56-48(62)63-3)45(59)57-23-7-11-39(57)43-49-26-37(53-43)30-15-13-29(14-16-30)35-21-17-32-25-33(18-22-36(32)52-35)38-27-50-44(54-38)40-12-8-24-58(40)46(60)42(31-9-5-4-6-10-31)55-47(61)51-34-19-20-34/h4-6,9-10,13-18,21-22,25-28,34,39-42H,7-8,11-12,19-20,23-24H2,1-3H3,(H,49,53)(H,50,54)(H,56,62)(H2,51,55,61)/t39-,40-,41-,42+/m0/s1. The number of carbonyl (C=O) groups excluding carboxylic acids is 4. The first-order chi connectivity index (χ1) is 30.6. The number of aromatic nitrogens is 5. The predicted molar refractivity (Wildman–Crippen MR) is 238 cm³/mol. The van der Waals surface area contributed by atoms with E-state index in [-0.39, 0.29) is 41.9 Å². The highest BCUT2D eigenvalue weighted by Crippen LogP contribution is 2.36. The first-order valence-electron chi connectivity index (χ1n) is 21.8. The molecule has 0 spiro atoms. The van der Waals surface area contributed by atoms with E-state index in [0.717, 1.165) is 88.8 Å². The van der Waals surface area contributed by atoms with Gasteiger partial charge in [0.25, 0.3) is 0 Å². The minimum absolute atomic E-state index is 0.111. The van der Waals surface area contributed by atoms with Gasteiger partial charge in [-0.15, -0.1) is 0 Å². The highest BCUT2D eigenvalue weighted by molar-refractivity contribution is 5.89. The molecule has 4 atom stereocenters. The monoisotopic (exact) mass is 848 g/mol. The molecule has 0 radical (unpaired) electrons. The smallest absolute Gasteiger partial charge is 0.407 e. The molecule has 9 rings (SSSR count). The molecule has 0 bridgehead atoms. The van der Waals surface area contributed by atoms with Crippen LogP contribution in [-0.4, -0.2) is 90.9 Å². The van der Waals surface area contributed by atoms with Crippen molar-refractivity contribution in [2.24, 2.45) is 5.92 Å². The van der Waals surface area contributed by atoms with Crippen molar-refractivity contribution in [3.05, 3.63) is 115 Å². The lowest BCUT2D eigenvalue weighted by Gasteiger charge is -2.30. The molecular weight excluding hydrogens is 797 g/mol. The van der Waals surface area contributed by atoms with E-state index in [9.17, 15) is 19.2 Å². The number of imidazole rings is 2. The average Bonchev–Trinajstić information content (AvgIpc) is 3.82. The van der Waals surface area contributed by atoms with Crippen LogP contribution < -0.4 is 16.0 Å². The van der Waals surface area contributed by atoms with E-state index in [2.05, 4.69) is 43.0 Å². The zero-order valence-electron chi connectivity index (χ0n) is 35.6. The second-order valence-corrected chi connectivity index (χ2v) is 17.0. The maximum absolute atomic E-state index is 14.1. The largest absolute Gasteiger partial charge is 0.453 e. The summed E-state index contributed by atoms with van der Waals surface area (Å²) in [5.41, 5.74) is 6.91. The number of nitrogens with one attached hydrogen (secondary N) is 5. The highest BCUT2D eigenvalue weighted by Gasteiger charge is 2.39. The zero-order chi connectivity index (χ0) is 43.6. The van der Waals surface area contributed by atoms with Gasteiger partial charge in [0, 0.05) is 41.8 Å². The Morgan fingerprint density at radius 2 is 1.44 bits per heavy atom. The number of methoxy groups -OCH3 is 1. The topological polar surface area (TPSA) is 190 Å². The molecule has 1 saturated carbocycles. The minimum Gasteiger partial charge on any atom is -0.453 e. The van der Waals surface area contributed by atoms with Gasteiger partial charge in [-0.05, 0) is 73.8 Å². The van der Waals surface area contributed by atoms with Crippen molar-refractivity contribution in [2.45, 2.75) is 82.6 Å². The number of nitrogens with zero attached hydrogens (tertiary/aromatic N) is 5. The van der Waals surface area contributed by atoms with Crippen LogP contribution in [0.2, 0.25) is 0 Å². The molecule has 2 aliphatic heterocycles. The van der Waals surface area contributed by atoms with Crippen molar-refractivity contribution >= 4 is 34.8 Å². The fourth-order valence-corrected chi connectivity index (χ4v) is 8.77. The van der Waals surface area contributed by atoms with E-state index in [1.54, 1.807) is 11.1 Å². The Labute approximate surface area is 365 Å². The summed E-state index contributed by atoms with van der Waals surface area (Å²) in [7, 11) is 1.29. The Morgan fingerprint density at radius 3 is 2.16 bits per heavy atom. The third-order valence-corrected chi connectivity index (χ3v) is 12.3. The van der Waals surface area contributed by atoms with Crippen LogP contribution in [0.4, 0.5) is 9.59 Å². The summed E-state index contributed by atoms with van der Waals surface area (Å²) < 4.78 is 4.77. The molecule has 15 nitrogen and oxygen atoms in total. The molecule has 2 saturated heterocycles. The van der Waals surface area contributed by atoms with Crippen molar-refractivity contribution in [3.63, 3.8) is 0 Å². The number of carbonyl (C=O) groups is 4. The van der Waals surface area contributed by atoms with Gasteiger partial charge in [0.15, 0.2) is 0 Å². The lowest BCUT2D eigenvalue weighted by atomic mass is 10.0. The van der Waals surface area contributed by atoms with Crippen LogP contribution in [0.25, 0.3) is 44.7 Å². The number of alkyl carbamates (subject to hydrolysis) is 1. The quantitative estimate of drug-likeness (QED) is 0.0832. The lowest BCUT2D eigenvalue weighted by molar-refractivity contribution is -0.135. The van der Waals surface area contributed by atoms with E-state index < -0.39 is 18.2 Å². The van der Waals surface area contributed by atoms with Crippen LogP contribution in [-0.2, 0) is 14.3 Å². The maximum atomic E-state index is 14.1. The second kappa shape index (κ2) is 17.8. The van der Waals surface area contributed by atoms with Crippen molar-refractivity contribution in [1.29, 1.82) is 0 Å². The Hall–Kier alpha value is -7.03. The normalized spacial score (nSPS) is 18.3. The van der Waals surface area contributed by atoms with E-state index in [0.29, 0.717) is 24.7 Å². The van der Waals surface area contributed by atoms with Crippen LogP contribution in [0.15, 0.2) is 97.3 Å². The molecule has 63 heavy (non-hydrogen) atoms. The van der Waals surface area contributed by atoms with Gasteiger partial charge in [0.05, 0.1) is 48.0 Å². The summed E-state index contributed by atoms with van der Waals surface area (Å²) in [4.78, 5) is 77.7.